The summed E-state index contributed by atoms with van der Waals surface area (Å²) in [4.78, 5) is 0. The zero-order chi connectivity index (χ0) is 13.8. The minimum absolute atomic E-state index is 0.299. The van der Waals surface area contributed by atoms with Crippen molar-refractivity contribution in [2.24, 2.45) is 11.3 Å². The molecule has 0 amide bonds. The van der Waals surface area contributed by atoms with E-state index in [1.807, 2.05) is 0 Å². The van der Waals surface area contributed by atoms with Gasteiger partial charge in [-0.1, -0.05) is 33.6 Å². The molecule has 0 aromatic carbocycles. The van der Waals surface area contributed by atoms with Gasteiger partial charge in [0, 0.05) is 12.3 Å². The molecule has 1 aliphatic rings. The maximum atomic E-state index is 11.1. The second-order valence-electron chi connectivity index (χ2n) is 6.80. The monoisotopic (exact) mass is 275 g/mol. The van der Waals surface area contributed by atoms with E-state index in [1.54, 1.807) is 0 Å². The number of hydrogen-bond donors (Lipinski definition) is 1. The van der Waals surface area contributed by atoms with Gasteiger partial charge in [0.25, 0.3) is 0 Å². The van der Waals surface area contributed by atoms with E-state index in [-0.39, 0.29) is 0 Å². The summed E-state index contributed by atoms with van der Waals surface area (Å²) < 4.78 is 22.2. The van der Waals surface area contributed by atoms with Gasteiger partial charge >= 0.3 is 0 Å². The first-order chi connectivity index (χ1) is 8.20. The summed E-state index contributed by atoms with van der Waals surface area (Å²) in [6, 6.07) is 0.568. The minimum Gasteiger partial charge on any atom is -0.314 e. The third-order valence-electron chi connectivity index (χ3n) is 3.98. The molecule has 2 unspecified atom stereocenters. The van der Waals surface area contributed by atoms with Crippen molar-refractivity contribution in [3.63, 3.8) is 0 Å². The fourth-order valence-corrected chi connectivity index (χ4v) is 3.70. The third kappa shape index (κ3) is 5.70. The molecule has 0 aromatic rings. The van der Waals surface area contributed by atoms with Crippen molar-refractivity contribution < 1.29 is 8.42 Å². The minimum atomic E-state index is -2.81. The molecule has 3 nitrogen and oxygen atoms in total. The Morgan fingerprint density at radius 1 is 1.17 bits per heavy atom. The van der Waals surface area contributed by atoms with Gasteiger partial charge in [-0.05, 0) is 37.1 Å². The topological polar surface area (TPSA) is 46.2 Å². The van der Waals surface area contributed by atoms with Crippen molar-refractivity contribution in [1.82, 2.24) is 5.32 Å². The van der Waals surface area contributed by atoms with Crippen LogP contribution in [0.3, 0.4) is 0 Å². The first-order valence-corrected chi connectivity index (χ1v) is 9.17. The highest BCUT2D eigenvalue weighted by Crippen LogP contribution is 2.37. The molecular weight excluding hydrogens is 246 g/mol. The van der Waals surface area contributed by atoms with Gasteiger partial charge in [0.1, 0.15) is 9.84 Å². The van der Waals surface area contributed by atoms with Crippen LogP contribution >= 0.6 is 0 Å². The van der Waals surface area contributed by atoms with Crippen LogP contribution in [0.15, 0.2) is 0 Å². The first kappa shape index (κ1) is 16.0. The van der Waals surface area contributed by atoms with Crippen LogP contribution in [0.5, 0.6) is 0 Å². The Labute approximate surface area is 113 Å². The summed E-state index contributed by atoms with van der Waals surface area (Å²) in [5, 5.41) is 3.59. The molecule has 0 saturated heterocycles. The van der Waals surface area contributed by atoms with Crippen LogP contribution in [0, 0.1) is 11.3 Å². The van der Waals surface area contributed by atoms with E-state index in [1.165, 1.54) is 31.9 Å². The highest BCUT2D eigenvalue weighted by atomic mass is 32.2. The van der Waals surface area contributed by atoms with E-state index in [9.17, 15) is 8.42 Å². The molecule has 1 saturated carbocycles. The number of rotatable bonds is 5. The average molecular weight is 275 g/mol. The fourth-order valence-electron chi connectivity index (χ4n) is 3.03. The maximum Gasteiger partial charge on any atom is 0.147 e. The molecule has 0 heterocycles. The van der Waals surface area contributed by atoms with Gasteiger partial charge in [-0.25, -0.2) is 8.42 Å². The highest BCUT2D eigenvalue weighted by Gasteiger charge is 2.33. The van der Waals surface area contributed by atoms with Crippen LogP contribution < -0.4 is 5.32 Å². The Balaban J connectivity index is 2.39. The molecule has 1 aliphatic carbocycles. The van der Waals surface area contributed by atoms with Crippen molar-refractivity contribution in [3.8, 4) is 0 Å². The Bertz CT molecular complexity index is 343. The molecule has 0 aromatic heterocycles. The lowest BCUT2D eigenvalue weighted by molar-refractivity contribution is 0.131. The van der Waals surface area contributed by atoms with E-state index in [0.717, 1.165) is 13.0 Å². The largest absolute Gasteiger partial charge is 0.314 e. The number of nitrogens with one attached hydrogen (secondary N) is 1. The van der Waals surface area contributed by atoms with E-state index < -0.39 is 9.84 Å². The summed E-state index contributed by atoms with van der Waals surface area (Å²) in [7, 11) is -2.81. The fraction of sp³-hybridized carbons (Fsp3) is 1.00. The molecule has 18 heavy (non-hydrogen) atoms. The highest BCUT2D eigenvalue weighted by molar-refractivity contribution is 7.90. The van der Waals surface area contributed by atoms with Crippen molar-refractivity contribution in [1.29, 1.82) is 0 Å². The van der Waals surface area contributed by atoms with Gasteiger partial charge in [0.05, 0.1) is 5.75 Å². The van der Waals surface area contributed by atoms with Gasteiger partial charge in [-0.3, -0.25) is 0 Å². The molecule has 0 spiro atoms. The smallest absolute Gasteiger partial charge is 0.147 e. The van der Waals surface area contributed by atoms with Crippen molar-refractivity contribution >= 4 is 9.84 Å². The van der Waals surface area contributed by atoms with Crippen LogP contribution in [0.2, 0.25) is 0 Å². The lowest BCUT2D eigenvalue weighted by Gasteiger charge is -2.41. The van der Waals surface area contributed by atoms with E-state index in [2.05, 4.69) is 26.1 Å². The lowest BCUT2D eigenvalue weighted by Crippen LogP contribution is -2.44. The Morgan fingerprint density at radius 3 is 2.33 bits per heavy atom. The molecule has 0 aliphatic heterocycles. The van der Waals surface area contributed by atoms with Gasteiger partial charge in [-0.15, -0.1) is 0 Å². The number of hydrogen-bond acceptors (Lipinski definition) is 3. The molecule has 1 rings (SSSR count). The Hall–Kier alpha value is -0.0900. The molecule has 1 fully saturated rings. The van der Waals surface area contributed by atoms with Crippen LogP contribution in [0.25, 0.3) is 0 Å². The van der Waals surface area contributed by atoms with Crippen LogP contribution in [0.1, 0.15) is 52.9 Å². The lowest BCUT2D eigenvalue weighted by atomic mass is 9.69. The predicted octanol–water partition coefficient (Wildman–Crippen LogP) is 2.62. The van der Waals surface area contributed by atoms with Crippen molar-refractivity contribution in [2.45, 2.75) is 58.9 Å². The summed E-state index contributed by atoms with van der Waals surface area (Å²) >= 11 is 0. The van der Waals surface area contributed by atoms with Crippen molar-refractivity contribution in [3.05, 3.63) is 0 Å². The molecular formula is C14H29NO2S. The molecule has 4 heteroatoms. The molecule has 0 radical (unpaired) electrons. The molecule has 2 atom stereocenters. The van der Waals surface area contributed by atoms with E-state index in [4.69, 9.17) is 0 Å². The number of sulfone groups is 1. The molecule has 1 N–H and O–H groups in total. The van der Waals surface area contributed by atoms with Gasteiger partial charge in [0.15, 0.2) is 0 Å². The SMILES string of the molecule is CC(C)(C)C1CCCCC1NCCCS(C)(=O)=O. The van der Waals surface area contributed by atoms with Gasteiger partial charge in [0.2, 0.25) is 0 Å². The van der Waals surface area contributed by atoms with Crippen LogP contribution in [-0.2, 0) is 9.84 Å². The van der Waals surface area contributed by atoms with Gasteiger partial charge in [-0.2, -0.15) is 0 Å². The van der Waals surface area contributed by atoms with E-state index >= 15 is 0 Å². The Kier molecular flexibility index (Phi) is 5.66. The normalized spacial score (nSPS) is 26.2. The predicted molar refractivity (Wildman–Crippen MR) is 77.5 cm³/mol. The molecule has 0 bridgehead atoms. The van der Waals surface area contributed by atoms with E-state index in [0.29, 0.717) is 23.1 Å². The zero-order valence-electron chi connectivity index (χ0n) is 12.3. The van der Waals surface area contributed by atoms with Crippen molar-refractivity contribution in [2.75, 3.05) is 18.6 Å². The van der Waals surface area contributed by atoms with Crippen LogP contribution in [0.4, 0.5) is 0 Å². The second kappa shape index (κ2) is 6.38. The Morgan fingerprint density at radius 2 is 1.78 bits per heavy atom. The zero-order valence-corrected chi connectivity index (χ0v) is 13.1. The first-order valence-electron chi connectivity index (χ1n) is 7.11. The summed E-state index contributed by atoms with van der Waals surface area (Å²) in [5.74, 6) is 1.01. The standard InChI is InChI=1S/C14H29NO2S/c1-14(2,3)12-8-5-6-9-13(12)15-10-7-11-18(4,16)17/h12-13,15H,5-11H2,1-4H3. The summed E-state index contributed by atoms with van der Waals surface area (Å²) in [6.07, 6.45) is 7.21. The quantitative estimate of drug-likeness (QED) is 0.785. The summed E-state index contributed by atoms with van der Waals surface area (Å²) in [6.45, 7) is 7.76. The maximum absolute atomic E-state index is 11.1. The molecule has 108 valence electrons. The van der Waals surface area contributed by atoms with Gasteiger partial charge < -0.3 is 5.32 Å². The average Bonchev–Trinajstić information content (AvgIpc) is 2.22. The third-order valence-corrected chi connectivity index (χ3v) is 5.01. The summed E-state index contributed by atoms with van der Waals surface area (Å²) in [5.41, 5.74) is 0.342. The van der Waals surface area contributed by atoms with Crippen LogP contribution in [-0.4, -0.2) is 33.0 Å². The second-order valence-corrected chi connectivity index (χ2v) is 9.06.